The number of hydrogen-bond donors (Lipinski definition) is 1. The molecule has 1 aliphatic heterocycles. The van der Waals surface area contributed by atoms with E-state index in [-0.39, 0.29) is 12.3 Å². The van der Waals surface area contributed by atoms with E-state index in [1.54, 1.807) is 0 Å². The molecule has 114 valence electrons. The van der Waals surface area contributed by atoms with E-state index in [0.29, 0.717) is 25.2 Å². The maximum Gasteiger partial charge on any atom is 0.304 e. The Hall–Kier alpha value is -1.40. The molecule has 0 radical (unpaired) electrons. The van der Waals surface area contributed by atoms with E-state index in [9.17, 15) is 9.59 Å². The fourth-order valence-corrected chi connectivity index (χ4v) is 2.82. The zero-order valence-electron chi connectivity index (χ0n) is 12.0. The van der Waals surface area contributed by atoms with Crippen molar-refractivity contribution in [1.82, 2.24) is 9.80 Å². The number of piperazine rings is 1. The van der Waals surface area contributed by atoms with Gasteiger partial charge in [0.25, 0.3) is 5.91 Å². The molecule has 0 atom stereocenters. The van der Waals surface area contributed by atoms with Crippen LogP contribution in [0.5, 0.6) is 0 Å². The zero-order valence-corrected chi connectivity index (χ0v) is 13.6. The van der Waals surface area contributed by atoms with Gasteiger partial charge in [-0.05, 0) is 35.0 Å². The van der Waals surface area contributed by atoms with Gasteiger partial charge in [-0.3, -0.25) is 14.5 Å². The lowest BCUT2D eigenvalue weighted by Gasteiger charge is -2.34. The van der Waals surface area contributed by atoms with Crippen molar-refractivity contribution < 1.29 is 14.7 Å². The molecule has 1 aliphatic rings. The second-order valence-electron chi connectivity index (χ2n) is 5.26. The molecule has 1 N–H and O–H groups in total. The number of rotatable bonds is 4. The third-order valence-corrected chi connectivity index (χ3v) is 4.35. The largest absolute Gasteiger partial charge is 0.481 e. The Bertz CT molecular complexity index is 540. The van der Waals surface area contributed by atoms with Crippen LogP contribution in [-0.4, -0.2) is 59.5 Å². The van der Waals surface area contributed by atoms with Gasteiger partial charge in [0.05, 0.1) is 12.0 Å². The smallest absolute Gasteiger partial charge is 0.304 e. The molecule has 1 heterocycles. The summed E-state index contributed by atoms with van der Waals surface area (Å²) < 4.78 is 0.811. The van der Waals surface area contributed by atoms with Crippen molar-refractivity contribution in [3.63, 3.8) is 0 Å². The van der Waals surface area contributed by atoms with Gasteiger partial charge in [-0.1, -0.05) is 11.6 Å². The summed E-state index contributed by atoms with van der Waals surface area (Å²) in [5, 5.41) is 8.69. The molecule has 0 saturated carbocycles. The lowest BCUT2D eigenvalue weighted by molar-refractivity contribution is -0.137. The Morgan fingerprint density at radius 2 is 1.90 bits per heavy atom. The van der Waals surface area contributed by atoms with E-state index in [1.807, 2.05) is 30.0 Å². The first kappa shape index (κ1) is 16.0. The fraction of sp³-hybridized carbons (Fsp3) is 0.467. The van der Waals surface area contributed by atoms with E-state index in [2.05, 4.69) is 20.8 Å². The number of carbonyl (C=O) groups is 2. The molecule has 6 heteroatoms. The third-order valence-electron chi connectivity index (χ3n) is 3.65. The van der Waals surface area contributed by atoms with E-state index in [0.717, 1.165) is 23.1 Å². The molecule has 1 saturated heterocycles. The summed E-state index contributed by atoms with van der Waals surface area (Å²) in [7, 11) is 0. The molecular weight excluding hydrogens is 336 g/mol. The SMILES string of the molecule is Cc1ccc(Br)c(C(=O)N2CCN(CCC(=O)O)CC2)c1. The zero-order chi connectivity index (χ0) is 15.4. The number of halogens is 1. The number of carboxylic acid groups (broad SMARTS) is 1. The predicted molar refractivity (Wildman–Crippen MR) is 83.5 cm³/mol. The van der Waals surface area contributed by atoms with Crippen LogP contribution in [-0.2, 0) is 4.79 Å². The van der Waals surface area contributed by atoms with E-state index in [4.69, 9.17) is 5.11 Å². The quantitative estimate of drug-likeness (QED) is 0.898. The molecule has 0 aliphatic carbocycles. The van der Waals surface area contributed by atoms with Crippen LogP contribution < -0.4 is 0 Å². The van der Waals surface area contributed by atoms with Crippen molar-refractivity contribution in [3.05, 3.63) is 33.8 Å². The number of hydrogen-bond acceptors (Lipinski definition) is 3. The number of aryl methyl sites for hydroxylation is 1. The van der Waals surface area contributed by atoms with E-state index >= 15 is 0 Å². The Labute approximate surface area is 132 Å². The van der Waals surface area contributed by atoms with Gasteiger partial charge < -0.3 is 10.0 Å². The van der Waals surface area contributed by atoms with Crippen LogP contribution >= 0.6 is 15.9 Å². The average Bonchev–Trinajstić information content (AvgIpc) is 2.47. The summed E-state index contributed by atoms with van der Waals surface area (Å²) in [6.07, 6.45) is 0.150. The molecule has 1 fully saturated rings. The molecular formula is C15H19BrN2O3. The summed E-state index contributed by atoms with van der Waals surface area (Å²) in [6, 6.07) is 5.75. The van der Waals surface area contributed by atoms with Crippen LogP contribution in [0.25, 0.3) is 0 Å². The summed E-state index contributed by atoms with van der Waals surface area (Å²) in [5.41, 5.74) is 1.75. The molecule has 0 bridgehead atoms. The van der Waals surface area contributed by atoms with Gasteiger partial charge in [-0.2, -0.15) is 0 Å². The monoisotopic (exact) mass is 354 g/mol. The minimum absolute atomic E-state index is 0.0310. The summed E-state index contributed by atoms with van der Waals surface area (Å²) in [6.45, 7) is 5.24. The van der Waals surface area contributed by atoms with Crippen LogP contribution in [0.3, 0.4) is 0 Å². The van der Waals surface area contributed by atoms with Crippen molar-refractivity contribution >= 4 is 27.8 Å². The van der Waals surface area contributed by atoms with Crippen LogP contribution in [0.2, 0.25) is 0 Å². The molecule has 21 heavy (non-hydrogen) atoms. The van der Waals surface area contributed by atoms with Gasteiger partial charge in [0, 0.05) is 37.2 Å². The molecule has 1 amide bonds. The predicted octanol–water partition coefficient (Wildman–Crippen LogP) is 1.99. The normalized spacial score (nSPS) is 16.0. The summed E-state index contributed by atoms with van der Waals surface area (Å²) in [5.74, 6) is -0.749. The molecule has 1 aromatic carbocycles. The van der Waals surface area contributed by atoms with Crippen LogP contribution in [0.15, 0.2) is 22.7 Å². The molecule has 0 aromatic heterocycles. The summed E-state index contributed by atoms with van der Waals surface area (Å²) >= 11 is 3.43. The van der Waals surface area contributed by atoms with Gasteiger partial charge in [0.15, 0.2) is 0 Å². The molecule has 2 rings (SSSR count). The van der Waals surface area contributed by atoms with Crippen molar-refractivity contribution in [3.8, 4) is 0 Å². The van der Waals surface area contributed by atoms with Crippen molar-refractivity contribution in [2.45, 2.75) is 13.3 Å². The van der Waals surface area contributed by atoms with Crippen LogP contribution in [0.4, 0.5) is 0 Å². The van der Waals surface area contributed by atoms with Gasteiger partial charge in [-0.15, -0.1) is 0 Å². The maximum absolute atomic E-state index is 12.5. The van der Waals surface area contributed by atoms with Gasteiger partial charge in [-0.25, -0.2) is 0 Å². The highest BCUT2D eigenvalue weighted by molar-refractivity contribution is 9.10. The van der Waals surface area contributed by atoms with Gasteiger partial charge >= 0.3 is 5.97 Å². The highest BCUT2D eigenvalue weighted by Gasteiger charge is 2.23. The first-order valence-corrected chi connectivity index (χ1v) is 7.76. The second-order valence-corrected chi connectivity index (χ2v) is 6.12. The number of carbonyl (C=O) groups excluding carboxylic acids is 1. The van der Waals surface area contributed by atoms with Crippen LogP contribution in [0, 0.1) is 6.92 Å². The van der Waals surface area contributed by atoms with E-state index < -0.39 is 5.97 Å². The molecule has 1 aromatic rings. The Balaban J connectivity index is 1.94. The number of nitrogens with zero attached hydrogens (tertiary/aromatic N) is 2. The van der Waals surface area contributed by atoms with Crippen molar-refractivity contribution in [2.24, 2.45) is 0 Å². The van der Waals surface area contributed by atoms with E-state index in [1.165, 1.54) is 0 Å². The van der Waals surface area contributed by atoms with Crippen LogP contribution in [0.1, 0.15) is 22.3 Å². The van der Waals surface area contributed by atoms with Gasteiger partial charge in [0.1, 0.15) is 0 Å². The van der Waals surface area contributed by atoms with Gasteiger partial charge in [0.2, 0.25) is 0 Å². The van der Waals surface area contributed by atoms with Crippen molar-refractivity contribution in [2.75, 3.05) is 32.7 Å². The number of carboxylic acids is 1. The standard InChI is InChI=1S/C15H19BrN2O3/c1-11-2-3-13(16)12(10-11)15(21)18-8-6-17(7-9-18)5-4-14(19)20/h2-3,10H,4-9H2,1H3,(H,19,20). The first-order valence-electron chi connectivity index (χ1n) is 6.97. The number of aliphatic carboxylic acids is 1. The Kier molecular flexibility index (Phi) is 5.36. The maximum atomic E-state index is 12.5. The number of amides is 1. The highest BCUT2D eigenvalue weighted by Crippen LogP contribution is 2.20. The molecule has 0 spiro atoms. The minimum atomic E-state index is -0.780. The topological polar surface area (TPSA) is 60.9 Å². The summed E-state index contributed by atoms with van der Waals surface area (Å²) in [4.78, 5) is 27.0. The highest BCUT2D eigenvalue weighted by atomic mass is 79.9. The lowest BCUT2D eigenvalue weighted by Crippen LogP contribution is -2.49. The Morgan fingerprint density at radius 3 is 2.52 bits per heavy atom. The third kappa shape index (κ3) is 4.28. The molecule has 5 nitrogen and oxygen atoms in total. The lowest BCUT2D eigenvalue weighted by atomic mass is 10.1. The average molecular weight is 355 g/mol. The number of benzene rings is 1. The van der Waals surface area contributed by atoms with Crippen molar-refractivity contribution in [1.29, 1.82) is 0 Å². The minimum Gasteiger partial charge on any atom is -0.481 e. The first-order chi connectivity index (χ1) is 9.97. The molecule has 0 unspecified atom stereocenters. The fourth-order valence-electron chi connectivity index (χ4n) is 2.40. The second kappa shape index (κ2) is 7.04. The Morgan fingerprint density at radius 1 is 1.24 bits per heavy atom.